The first-order valence-corrected chi connectivity index (χ1v) is 10.2. The van der Waals surface area contributed by atoms with Crippen molar-refractivity contribution in [2.24, 2.45) is 0 Å². The molecule has 1 N–H and O–H groups in total. The zero-order valence-corrected chi connectivity index (χ0v) is 19.4. The number of hydrogen-bond donors (Lipinski definition) is 1. The molecule has 0 spiro atoms. The number of nitrogens with zero attached hydrogens (tertiary/aromatic N) is 1. The third kappa shape index (κ3) is 7.77. The van der Waals surface area contributed by atoms with Crippen LogP contribution in [-0.2, 0) is 16.0 Å². The molecule has 8 nitrogen and oxygen atoms in total. The summed E-state index contributed by atoms with van der Waals surface area (Å²) in [7, 11) is 4.64. The molecule has 32 heavy (non-hydrogen) atoms. The van der Waals surface area contributed by atoms with Gasteiger partial charge in [0.1, 0.15) is 22.8 Å². The van der Waals surface area contributed by atoms with Gasteiger partial charge >= 0.3 is 12.1 Å². The lowest BCUT2D eigenvalue weighted by molar-refractivity contribution is -0.133. The summed E-state index contributed by atoms with van der Waals surface area (Å²) in [4.78, 5) is 25.7. The van der Waals surface area contributed by atoms with Gasteiger partial charge in [-0.05, 0) is 56.2 Å². The van der Waals surface area contributed by atoms with Crippen molar-refractivity contribution in [3.63, 3.8) is 0 Å². The average Bonchev–Trinajstić information content (AvgIpc) is 2.72. The quantitative estimate of drug-likeness (QED) is 0.488. The van der Waals surface area contributed by atoms with Crippen molar-refractivity contribution in [3.8, 4) is 17.2 Å². The monoisotopic (exact) mass is 445 g/mol. The number of esters is 1. The first-order valence-electron chi connectivity index (χ1n) is 10.2. The highest BCUT2D eigenvalue weighted by molar-refractivity contribution is 5.75. The van der Waals surface area contributed by atoms with E-state index in [1.807, 2.05) is 0 Å². The molecule has 2 aromatic carbocycles. The first-order chi connectivity index (χ1) is 15.0. The summed E-state index contributed by atoms with van der Waals surface area (Å²) in [5.74, 6) is 1.07. The standard InChI is InChI=1S/C24H31NO7/c1-24(2,3)32-23(28)25(4)15-21(26)17-7-9-18(10-8-17)31-22(27)13-16-11-19(29-5)14-20(12-16)30-6/h7-12,14,21,26H,13,15H2,1-6H3. The Morgan fingerprint density at radius 3 is 2.03 bits per heavy atom. The Morgan fingerprint density at radius 2 is 1.53 bits per heavy atom. The van der Waals surface area contributed by atoms with Gasteiger partial charge in [-0.15, -0.1) is 0 Å². The molecule has 0 aromatic heterocycles. The van der Waals surface area contributed by atoms with Crippen molar-refractivity contribution in [2.45, 2.75) is 38.9 Å². The largest absolute Gasteiger partial charge is 0.497 e. The van der Waals surface area contributed by atoms with Crippen LogP contribution >= 0.6 is 0 Å². The van der Waals surface area contributed by atoms with Gasteiger partial charge in [0.05, 0.1) is 33.3 Å². The van der Waals surface area contributed by atoms with Crippen LogP contribution in [0.1, 0.15) is 38.0 Å². The van der Waals surface area contributed by atoms with Crippen LogP contribution in [0.3, 0.4) is 0 Å². The van der Waals surface area contributed by atoms with E-state index < -0.39 is 23.8 Å². The van der Waals surface area contributed by atoms with Crippen molar-refractivity contribution in [3.05, 3.63) is 53.6 Å². The summed E-state index contributed by atoms with van der Waals surface area (Å²) in [5, 5.41) is 10.4. The Labute approximate surface area is 188 Å². The molecule has 0 radical (unpaired) electrons. The lowest BCUT2D eigenvalue weighted by atomic mass is 10.1. The van der Waals surface area contributed by atoms with E-state index in [9.17, 15) is 14.7 Å². The van der Waals surface area contributed by atoms with E-state index in [-0.39, 0.29) is 13.0 Å². The lowest BCUT2D eigenvalue weighted by Crippen LogP contribution is -2.36. The molecule has 2 rings (SSSR count). The third-order valence-electron chi connectivity index (χ3n) is 4.41. The van der Waals surface area contributed by atoms with Crippen LogP contribution in [0.25, 0.3) is 0 Å². The highest BCUT2D eigenvalue weighted by Gasteiger charge is 2.22. The van der Waals surface area contributed by atoms with Gasteiger partial charge in [-0.25, -0.2) is 4.79 Å². The molecule has 0 fully saturated rings. The molecule has 0 aliphatic carbocycles. The van der Waals surface area contributed by atoms with E-state index in [0.29, 0.717) is 28.4 Å². The summed E-state index contributed by atoms with van der Waals surface area (Å²) in [6, 6.07) is 11.7. The second-order valence-corrected chi connectivity index (χ2v) is 8.32. The zero-order chi connectivity index (χ0) is 23.9. The minimum Gasteiger partial charge on any atom is -0.497 e. The molecule has 0 saturated carbocycles. The second kappa shape index (κ2) is 10.9. The van der Waals surface area contributed by atoms with E-state index in [1.165, 1.54) is 19.1 Å². The summed E-state index contributed by atoms with van der Waals surface area (Å²) < 4.78 is 21.1. The van der Waals surface area contributed by atoms with Gasteiger partial charge in [-0.3, -0.25) is 4.79 Å². The predicted molar refractivity (Wildman–Crippen MR) is 119 cm³/mol. The van der Waals surface area contributed by atoms with Gasteiger partial charge in [0.25, 0.3) is 0 Å². The fourth-order valence-electron chi connectivity index (χ4n) is 2.84. The Morgan fingerprint density at radius 1 is 0.969 bits per heavy atom. The van der Waals surface area contributed by atoms with Gasteiger partial charge in [-0.1, -0.05) is 12.1 Å². The van der Waals surface area contributed by atoms with Crippen molar-refractivity contribution >= 4 is 12.1 Å². The van der Waals surface area contributed by atoms with E-state index in [0.717, 1.165) is 0 Å². The number of likely N-dealkylation sites (N-methyl/N-ethyl adjacent to an activating group) is 1. The molecule has 0 heterocycles. The highest BCUT2D eigenvalue weighted by Crippen LogP contribution is 2.24. The maximum absolute atomic E-state index is 12.3. The van der Waals surface area contributed by atoms with E-state index in [4.69, 9.17) is 18.9 Å². The number of rotatable bonds is 8. The van der Waals surface area contributed by atoms with Crippen molar-refractivity contribution < 1.29 is 33.6 Å². The predicted octanol–water partition coefficient (Wildman–Crippen LogP) is 3.75. The maximum Gasteiger partial charge on any atom is 0.410 e. The number of benzene rings is 2. The zero-order valence-electron chi connectivity index (χ0n) is 19.4. The third-order valence-corrected chi connectivity index (χ3v) is 4.41. The van der Waals surface area contributed by atoms with Gasteiger partial charge in [0.15, 0.2) is 0 Å². The molecule has 2 aromatic rings. The molecule has 1 amide bonds. The summed E-state index contributed by atoms with van der Waals surface area (Å²) in [6.07, 6.45) is -1.39. The Balaban J connectivity index is 1.94. The molecule has 174 valence electrons. The van der Waals surface area contributed by atoms with E-state index in [1.54, 1.807) is 70.3 Å². The Bertz CT molecular complexity index is 897. The molecule has 1 unspecified atom stereocenters. The number of ether oxygens (including phenoxy) is 4. The van der Waals surface area contributed by atoms with Gasteiger partial charge in [-0.2, -0.15) is 0 Å². The molecule has 8 heteroatoms. The number of amides is 1. The van der Waals surface area contributed by atoms with Crippen molar-refractivity contribution in [1.29, 1.82) is 0 Å². The van der Waals surface area contributed by atoms with Crippen molar-refractivity contribution in [1.82, 2.24) is 4.90 Å². The molecule has 0 aliphatic rings. The van der Waals surface area contributed by atoms with E-state index in [2.05, 4.69) is 0 Å². The summed E-state index contributed by atoms with van der Waals surface area (Å²) >= 11 is 0. The Hall–Kier alpha value is -3.26. The van der Waals surface area contributed by atoms with Crippen LogP contribution in [0.2, 0.25) is 0 Å². The Kier molecular flexibility index (Phi) is 8.48. The summed E-state index contributed by atoms with van der Waals surface area (Å²) in [5.41, 5.74) is 0.666. The van der Waals surface area contributed by atoms with Crippen LogP contribution < -0.4 is 14.2 Å². The minimum absolute atomic E-state index is 0.0403. The van der Waals surface area contributed by atoms with Crippen molar-refractivity contribution in [2.75, 3.05) is 27.8 Å². The molecular formula is C24H31NO7. The van der Waals surface area contributed by atoms with Crippen LogP contribution in [0.5, 0.6) is 17.2 Å². The summed E-state index contributed by atoms with van der Waals surface area (Å²) in [6.45, 7) is 5.39. The van der Waals surface area contributed by atoms with Gasteiger partial charge in [0, 0.05) is 13.1 Å². The van der Waals surface area contributed by atoms with Crippen LogP contribution in [0.4, 0.5) is 4.79 Å². The molecule has 0 saturated heterocycles. The lowest BCUT2D eigenvalue weighted by Gasteiger charge is -2.26. The second-order valence-electron chi connectivity index (χ2n) is 8.32. The fraction of sp³-hybridized carbons (Fsp3) is 0.417. The van der Waals surface area contributed by atoms with Gasteiger partial charge in [0.2, 0.25) is 0 Å². The first kappa shape index (κ1) is 25.0. The number of carbonyl (C=O) groups is 2. The number of aliphatic hydroxyl groups is 1. The SMILES string of the molecule is COc1cc(CC(=O)Oc2ccc(C(O)CN(C)C(=O)OC(C)(C)C)cc2)cc(OC)c1. The number of hydrogen-bond acceptors (Lipinski definition) is 7. The number of methoxy groups -OCH3 is 2. The highest BCUT2D eigenvalue weighted by atomic mass is 16.6. The van der Waals surface area contributed by atoms with Crippen LogP contribution in [0, 0.1) is 0 Å². The van der Waals surface area contributed by atoms with Gasteiger partial charge < -0.3 is 29.0 Å². The van der Waals surface area contributed by atoms with E-state index >= 15 is 0 Å². The normalized spacial score (nSPS) is 12.0. The maximum atomic E-state index is 12.3. The number of carbonyl (C=O) groups excluding carboxylic acids is 2. The topological polar surface area (TPSA) is 94.5 Å². The minimum atomic E-state index is -0.915. The molecule has 0 bridgehead atoms. The fourth-order valence-corrected chi connectivity index (χ4v) is 2.84. The molecule has 0 aliphatic heterocycles. The van der Waals surface area contributed by atoms with Crippen LogP contribution in [-0.4, -0.2) is 55.5 Å². The smallest absolute Gasteiger partial charge is 0.410 e. The average molecular weight is 446 g/mol. The number of aliphatic hydroxyl groups excluding tert-OH is 1. The van der Waals surface area contributed by atoms with Crippen LogP contribution in [0.15, 0.2) is 42.5 Å². The molecular weight excluding hydrogens is 414 g/mol. The molecule has 1 atom stereocenters.